The fourth-order valence-electron chi connectivity index (χ4n) is 2.01. The molecule has 0 saturated heterocycles. The van der Waals surface area contributed by atoms with Gasteiger partial charge in [0.25, 0.3) is 5.91 Å². The lowest BCUT2D eigenvalue weighted by molar-refractivity contribution is 0.102. The molecule has 0 unspecified atom stereocenters. The van der Waals surface area contributed by atoms with Gasteiger partial charge in [0.15, 0.2) is 5.82 Å². The molecular formula is C17H16N4O2. The van der Waals surface area contributed by atoms with E-state index in [1.165, 1.54) is 0 Å². The van der Waals surface area contributed by atoms with Crippen LogP contribution in [0.2, 0.25) is 0 Å². The summed E-state index contributed by atoms with van der Waals surface area (Å²) < 4.78 is 4.97. The number of benzene rings is 1. The smallest absolute Gasteiger partial charge is 0.255 e. The Bertz CT molecular complexity index is 807. The van der Waals surface area contributed by atoms with Gasteiger partial charge in [0.2, 0.25) is 0 Å². The van der Waals surface area contributed by atoms with Gasteiger partial charge in [-0.1, -0.05) is 22.9 Å². The highest BCUT2D eigenvalue weighted by Gasteiger charge is 2.06. The molecular weight excluding hydrogens is 292 g/mol. The van der Waals surface area contributed by atoms with Crippen molar-refractivity contribution in [2.45, 2.75) is 13.8 Å². The number of aromatic nitrogens is 2. The van der Waals surface area contributed by atoms with E-state index in [0.29, 0.717) is 22.9 Å². The summed E-state index contributed by atoms with van der Waals surface area (Å²) in [6.07, 6.45) is 1.58. The fourth-order valence-corrected chi connectivity index (χ4v) is 2.01. The van der Waals surface area contributed by atoms with Crippen LogP contribution >= 0.6 is 0 Å². The normalized spacial score (nSPS) is 10.3. The second-order valence-electron chi connectivity index (χ2n) is 5.20. The van der Waals surface area contributed by atoms with Crippen LogP contribution in [0.15, 0.2) is 53.2 Å². The van der Waals surface area contributed by atoms with Crippen LogP contribution in [-0.2, 0) is 0 Å². The highest BCUT2D eigenvalue weighted by Crippen LogP contribution is 2.16. The van der Waals surface area contributed by atoms with Gasteiger partial charge in [-0.05, 0) is 38.1 Å². The average Bonchev–Trinajstić information content (AvgIpc) is 2.95. The number of pyridine rings is 1. The summed E-state index contributed by atoms with van der Waals surface area (Å²) >= 11 is 0. The summed E-state index contributed by atoms with van der Waals surface area (Å²) in [6.45, 7) is 3.79. The second kappa shape index (κ2) is 6.31. The Hall–Kier alpha value is -3.15. The molecule has 1 amide bonds. The lowest BCUT2D eigenvalue weighted by atomic mass is 10.1. The van der Waals surface area contributed by atoms with Gasteiger partial charge in [0.05, 0.1) is 11.9 Å². The van der Waals surface area contributed by atoms with Gasteiger partial charge >= 0.3 is 0 Å². The molecule has 6 nitrogen and oxygen atoms in total. The van der Waals surface area contributed by atoms with E-state index in [0.717, 1.165) is 11.3 Å². The standard InChI is InChI=1S/C17H16N4O2/c1-11-3-5-13(6-4-11)17(22)19-14-7-8-15(18-10-14)20-16-9-12(2)23-21-16/h3-10H,1-2H3,(H,19,22)(H,18,20,21). The van der Waals surface area contributed by atoms with Crippen molar-refractivity contribution in [1.29, 1.82) is 0 Å². The van der Waals surface area contributed by atoms with Crippen LogP contribution in [0.5, 0.6) is 0 Å². The molecule has 0 fully saturated rings. The number of amides is 1. The predicted molar refractivity (Wildman–Crippen MR) is 87.9 cm³/mol. The zero-order valence-electron chi connectivity index (χ0n) is 12.8. The van der Waals surface area contributed by atoms with Gasteiger partial charge in [-0.3, -0.25) is 4.79 Å². The van der Waals surface area contributed by atoms with Crippen molar-refractivity contribution < 1.29 is 9.32 Å². The molecule has 2 aromatic heterocycles. The van der Waals surface area contributed by atoms with E-state index in [2.05, 4.69) is 20.8 Å². The molecule has 0 aliphatic carbocycles. The number of rotatable bonds is 4. The third-order valence-corrected chi connectivity index (χ3v) is 3.22. The maximum atomic E-state index is 12.1. The number of aryl methyl sites for hydroxylation is 2. The average molecular weight is 308 g/mol. The van der Waals surface area contributed by atoms with E-state index in [9.17, 15) is 4.79 Å². The molecule has 3 rings (SSSR count). The maximum Gasteiger partial charge on any atom is 0.255 e. The van der Waals surface area contributed by atoms with Crippen molar-refractivity contribution in [2.24, 2.45) is 0 Å². The second-order valence-corrected chi connectivity index (χ2v) is 5.20. The Kier molecular flexibility index (Phi) is 4.05. The lowest BCUT2D eigenvalue weighted by Gasteiger charge is -2.06. The minimum absolute atomic E-state index is 0.167. The molecule has 0 aliphatic rings. The van der Waals surface area contributed by atoms with Crippen molar-refractivity contribution in [3.8, 4) is 0 Å². The maximum absolute atomic E-state index is 12.1. The highest BCUT2D eigenvalue weighted by atomic mass is 16.5. The first-order valence-electron chi connectivity index (χ1n) is 7.14. The monoisotopic (exact) mass is 308 g/mol. The molecule has 3 aromatic rings. The molecule has 1 aromatic carbocycles. The summed E-state index contributed by atoms with van der Waals surface area (Å²) in [6, 6.07) is 12.7. The number of carbonyl (C=O) groups excluding carboxylic acids is 1. The molecule has 0 radical (unpaired) electrons. The number of nitrogens with one attached hydrogen (secondary N) is 2. The molecule has 0 bridgehead atoms. The first kappa shape index (κ1) is 14.8. The molecule has 23 heavy (non-hydrogen) atoms. The SMILES string of the molecule is Cc1ccc(C(=O)Nc2ccc(Nc3cc(C)on3)nc2)cc1. The van der Waals surface area contributed by atoms with E-state index in [-0.39, 0.29) is 5.91 Å². The van der Waals surface area contributed by atoms with Crippen molar-refractivity contribution in [2.75, 3.05) is 10.6 Å². The van der Waals surface area contributed by atoms with Crippen LogP contribution in [0, 0.1) is 13.8 Å². The minimum Gasteiger partial charge on any atom is -0.360 e. The van der Waals surface area contributed by atoms with Crippen LogP contribution in [0.25, 0.3) is 0 Å². The molecule has 0 atom stereocenters. The third kappa shape index (κ3) is 3.74. The molecule has 0 saturated carbocycles. The first-order chi connectivity index (χ1) is 11.1. The largest absolute Gasteiger partial charge is 0.360 e. The van der Waals surface area contributed by atoms with Crippen molar-refractivity contribution in [3.63, 3.8) is 0 Å². The molecule has 2 N–H and O–H groups in total. The number of nitrogens with zero attached hydrogens (tertiary/aromatic N) is 2. The van der Waals surface area contributed by atoms with Gasteiger partial charge in [-0.15, -0.1) is 0 Å². The van der Waals surface area contributed by atoms with Crippen molar-refractivity contribution in [1.82, 2.24) is 10.1 Å². The quantitative estimate of drug-likeness (QED) is 0.768. The van der Waals surface area contributed by atoms with Crippen LogP contribution in [0.1, 0.15) is 21.7 Å². The Morgan fingerprint density at radius 2 is 1.83 bits per heavy atom. The van der Waals surface area contributed by atoms with Crippen molar-refractivity contribution in [3.05, 3.63) is 65.5 Å². The van der Waals surface area contributed by atoms with E-state index >= 15 is 0 Å². The van der Waals surface area contributed by atoms with Gasteiger partial charge in [-0.2, -0.15) is 0 Å². The highest BCUT2D eigenvalue weighted by molar-refractivity contribution is 6.04. The van der Waals surface area contributed by atoms with Crippen LogP contribution in [-0.4, -0.2) is 16.0 Å². The first-order valence-corrected chi connectivity index (χ1v) is 7.14. The molecule has 6 heteroatoms. The predicted octanol–water partition coefficient (Wildman–Crippen LogP) is 3.68. The van der Waals surface area contributed by atoms with E-state index in [1.807, 2.05) is 26.0 Å². The number of hydrogen-bond acceptors (Lipinski definition) is 5. The molecule has 0 spiro atoms. The van der Waals surface area contributed by atoms with Crippen LogP contribution < -0.4 is 10.6 Å². The molecule has 0 aliphatic heterocycles. The minimum atomic E-state index is -0.167. The van der Waals surface area contributed by atoms with E-state index in [1.54, 1.807) is 36.5 Å². The van der Waals surface area contributed by atoms with Gasteiger partial charge in [-0.25, -0.2) is 4.98 Å². The lowest BCUT2D eigenvalue weighted by Crippen LogP contribution is -2.12. The zero-order chi connectivity index (χ0) is 16.2. The topological polar surface area (TPSA) is 80.0 Å². The third-order valence-electron chi connectivity index (χ3n) is 3.22. The van der Waals surface area contributed by atoms with Gasteiger partial charge in [0.1, 0.15) is 11.6 Å². The summed E-state index contributed by atoms with van der Waals surface area (Å²) in [7, 11) is 0. The van der Waals surface area contributed by atoms with Gasteiger partial charge in [0, 0.05) is 11.6 Å². The summed E-state index contributed by atoms with van der Waals surface area (Å²) in [5.41, 5.74) is 2.34. The van der Waals surface area contributed by atoms with E-state index in [4.69, 9.17) is 4.52 Å². The molecule has 2 heterocycles. The summed E-state index contributed by atoms with van der Waals surface area (Å²) in [5, 5.41) is 9.66. The Morgan fingerprint density at radius 1 is 1.04 bits per heavy atom. The number of anilines is 3. The Balaban J connectivity index is 1.65. The van der Waals surface area contributed by atoms with Crippen molar-refractivity contribution >= 4 is 23.2 Å². The number of hydrogen-bond donors (Lipinski definition) is 2. The zero-order valence-corrected chi connectivity index (χ0v) is 12.8. The molecule has 116 valence electrons. The summed E-state index contributed by atoms with van der Waals surface area (Å²) in [5.74, 6) is 1.76. The van der Waals surface area contributed by atoms with Crippen LogP contribution in [0.3, 0.4) is 0 Å². The van der Waals surface area contributed by atoms with Gasteiger partial charge < -0.3 is 15.2 Å². The summed E-state index contributed by atoms with van der Waals surface area (Å²) in [4.78, 5) is 16.4. The van der Waals surface area contributed by atoms with E-state index < -0.39 is 0 Å². The fraction of sp³-hybridized carbons (Fsp3) is 0.118. The Labute approximate surface area is 133 Å². The Morgan fingerprint density at radius 3 is 2.43 bits per heavy atom. The van der Waals surface area contributed by atoms with Crippen LogP contribution in [0.4, 0.5) is 17.3 Å². The number of carbonyl (C=O) groups is 1.